The summed E-state index contributed by atoms with van der Waals surface area (Å²) in [6.07, 6.45) is 7.08. The van der Waals surface area contributed by atoms with Crippen LogP contribution in [0.15, 0.2) is 23.0 Å². The standard InChI is InChI=1S/C18H25N3O2/c22-17-8-4-7-16-14-9-13(11-21(16)17)10-20(12-14)18(23)19-15-5-2-1-3-6-15/h4,7-8,13-15H,1-3,5-6,9-12H2,(H,19,23)/t13-,14-/m0/s1. The van der Waals surface area contributed by atoms with E-state index in [0.717, 1.165) is 44.6 Å². The lowest BCUT2D eigenvalue weighted by atomic mass is 9.83. The van der Waals surface area contributed by atoms with E-state index in [9.17, 15) is 9.59 Å². The molecule has 0 spiro atoms. The molecule has 124 valence electrons. The zero-order chi connectivity index (χ0) is 15.8. The first-order chi connectivity index (χ1) is 11.2. The van der Waals surface area contributed by atoms with E-state index < -0.39 is 0 Å². The molecule has 0 aromatic carbocycles. The molecule has 5 nitrogen and oxygen atoms in total. The number of urea groups is 1. The molecular weight excluding hydrogens is 290 g/mol. The number of pyridine rings is 1. The Morgan fingerprint density at radius 1 is 1.09 bits per heavy atom. The fourth-order valence-corrected chi connectivity index (χ4v) is 4.58. The number of hydrogen-bond donors (Lipinski definition) is 1. The average Bonchev–Trinajstić information content (AvgIpc) is 2.57. The molecule has 2 atom stereocenters. The van der Waals surface area contributed by atoms with E-state index in [1.807, 2.05) is 21.6 Å². The molecule has 5 heteroatoms. The predicted molar refractivity (Wildman–Crippen MR) is 88.5 cm³/mol. The van der Waals surface area contributed by atoms with Crippen molar-refractivity contribution in [3.8, 4) is 0 Å². The topological polar surface area (TPSA) is 54.3 Å². The van der Waals surface area contributed by atoms with Gasteiger partial charge in [-0.1, -0.05) is 25.3 Å². The van der Waals surface area contributed by atoms with E-state index in [-0.39, 0.29) is 11.6 Å². The lowest BCUT2D eigenvalue weighted by Gasteiger charge is -2.43. The van der Waals surface area contributed by atoms with Gasteiger partial charge in [-0.25, -0.2) is 4.79 Å². The van der Waals surface area contributed by atoms with Crippen LogP contribution in [0.5, 0.6) is 0 Å². The fourth-order valence-electron chi connectivity index (χ4n) is 4.58. The molecule has 1 aliphatic carbocycles. The third kappa shape index (κ3) is 2.89. The molecule has 1 aromatic rings. The number of carbonyl (C=O) groups excluding carboxylic acids is 1. The van der Waals surface area contributed by atoms with Gasteiger partial charge in [0.15, 0.2) is 0 Å². The quantitative estimate of drug-likeness (QED) is 0.864. The zero-order valence-corrected chi connectivity index (χ0v) is 13.5. The number of fused-ring (bicyclic) bond motifs is 4. The number of amides is 2. The van der Waals surface area contributed by atoms with Gasteiger partial charge in [-0.15, -0.1) is 0 Å². The van der Waals surface area contributed by atoms with Crippen molar-refractivity contribution in [2.45, 2.75) is 57.0 Å². The van der Waals surface area contributed by atoms with Crippen LogP contribution in [0.2, 0.25) is 0 Å². The van der Waals surface area contributed by atoms with Crippen LogP contribution < -0.4 is 10.9 Å². The summed E-state index contributed by atoms with van der Waals surface area (Å²) < 4.78 is 1.91. The fraction of sp³-hybridized carbons (Fsp3) is 0.667. The highest BCUT2D eigenvalue weighted by Gasteiger charge is 2.36. The zero-order valence-electron chi connectivity index (χ0n) is 13.5. The Hall–Kier alpha value is -1.78. The van der Waals surface area contributed by atoms with Gasteiger partial charge < -0.3 is 14.8 Å². The number of likely N-dealkylation sites (tertiary alicyclic amines) is 1. The first-order valence-corrected chi connectivity index (χ1v) is 8.96. The van der Waals surface area contributed by atoms with Crippen molar-refractivity contribution in [2.75, 3.05) is 13.1 Å². The van der Waals surface area contributed by atoms with Crippen molar-refractivity contribution in [1.82, 2.24) is 14.8 Å². The molecule has 1 saturated carbocycles. The molecule has 1 N–H and O–H groups in total. The summed E-state index contributed by atoms with van der Waals surface area (Å²) in [6.45, 7) is 2.26. The molecule has 0 unspecified atom stereocenters. The minimum absolute atomic E-state index is 0.0947. The van der Waals surface area contributed by atoms with E-state index in [4.69, 9.17) is 0 Å². The Balaban J connectivity index is 1.47. The Morgan fingerprint density at radius 3 is 2.74 bits per heavy atom. The number of aromatic nitrogens is 1. The number of nitrogens with zero attached hydrogens (tertiary/aromatic N) is 2. The summed E-state index contributed by atoms with van der Waals surface area (Å²) in [6, 6.07) is 5.98. The Morgan fingerprint density at radius 2 is 1.91 bits per heavy atom. The summed E-state index contributed by atoms with van der Waals surface area (Å²) in [7, 11) is 0. The van der Waals surface area contributed by atoms with Gasteiger partial charge in [0, 0.05) is 43.4 Å². The number of rotatable bonds is 1. The maximum absolute atomic E-state index is 12.6. The first-order valence-electron chi connectivity index (χ1n) is 8.96. The summed E-state index contributed by atoms with van der Waals surface area (Å²) in [5.74, 6) is 0.701. The van der Waals surface area contributed by atoms with Crippen LogP contribution in [0.1, 0.15) is 50.1 Å². The molecule has 1 saturated heterocycles. The molecule has 3 aliphatic rings. The summed E-state index contributed by atoms with van der Waals surface area (Å²) in [5.41, 5.74) is 1.20. The van der Waals surface area contributed by atoms with Gasteiger partial charge in [0.25, 0.3) is 5.56 Å². The van der Waals surface area contributed by atoms with E-state index in [1.54, 1.807) is 6.07 Å². The van der Waals surface area contributed by atoms with Gasteiger partial charge in [0.1, 0.15) is 0 Å². The minimum atomic E-state index is 0.0947. The molecule has 0 radical (unpaired) electrons. The second-order valence-electron chi connectivity index (χ2n) is 7.39. The molecule has 4 rings (SSSR count). The lowest BCUT2D eigenvalue weighted by molar-refractivity contribution is 0.127. The Labute approximate surface area is 136 Å². The van der Waals surface area contributed by atoms with Crippen molar-refractivity contribution >= 4 is 6.03 Å². The summed E-state index contributed by atoms with van der Waals surface area (Å²) >= 11 is 0. The third-order valence-electron chi connectivity index (χ3n) is 5.70. The smallest absolute Gasteiger partial charge is 0.317 e. The number of carbonyl (C=O) groups is 1. The molecule has 3 heterocycles. The highest BCUT2D eigenvalue weighted by atomic mass is 16.2. The molecular formula is C18H25N3O2. The monoisotopic (exact) mass is 315 g/mol. The molecule has 2 amide bonds. The van der Waals surface area contributed by atoms with E-state index in [2.05, 4.69) is 5.32 Å². The molecule has 2 aliphatic heterocycles. The molecule has 2 bridgehead atoms. The van der Waals surface area contributed by atoms with Crippen molar-refractivity contribution in [3.63, 3.8) is 0 Å². The van der Waals surface area contributed by atoms with E-state index in [1.165, 1.54) is 19.3 Å². The highest BCUT2D eigenvalue weighted by molar-refractivity contribution is 5.74. The average molecular weight is 315 g/mol. The maximum Gasteiger partial charge on any atom is 0.317 e. The van der Waals surface area contributed by atoms with E-state index >= 15 is 0 Å². The van der Waals surface area contributed by atoms with Crippen LogP contribution in [0.4, 0.5) is 4.79 Å². The first kappa shape index (κ1) is 14.8. The normalized spacial score (nSPS) is 27.4. The van der Waals surface area contributed by atoms with Gasteiger partial charge in [0.2, 0.25) is 0 Å². The Bertz CT molecular complexity index is 648. The SMILES string of the molecule is O=C(NC1CCCCC1)N1C[C@@H]2C[C@@H](C1)c1cccc(=O)n1C2. The van der Waals surface area contributed by atoms with Crippen molar-refractivity contribution in [1.29, 1.82) is 0 Å². The van der Waals surface area contributed by atoms with Crippen LogP contribution in [0.3, 0.4) is 0 Å². The molecule has 1 aromatic heterocycles. The largest absolute Gasteiger partial charge is 0.335 e. The van der Waals surface area contributed by atoms with Gasteiger partial charge in [-0.05, 0) is 31.2 Å². The predicted octanol–water partition coefficient (Wildman–Crippen LogP) is 2.31. The van der Waals surface area contributed by atoms with Crippen LogP contribution in [0, 0.1) is 5.92 Å². The third-order valence-corrected chi connectivity index (χ3v) is 5.70. The Kier molecular flexibility index (Phi) is 3.87. The van der Waals surface area contributed by atoms with E-state index in [0.29, 0.717) is 17.9 Å². The number of nitrogens with one attached hydrogen (secondary N) is 1. The number of piperidine rings is 1. The maximum atomic E-state index is 12.6. The van der Waals surface area contributed by atoms with Crippen LogP contribution in [-0.4, -0.2) is 34.6 Å². The highest BCUT2D eigenvalue weighted by Crippen LogP contribution is 2.35. The number of hydrogen-bond acceptors (Lipinski definition) is 2. The summed E-state index contributed by atoms with van der Waals surface area (Å²) in [5, 5.41) is 3.23. The van der Waals surface area contributed by atoms with Gasteiger partial charge >= 0.3 is 6.03 Å². The lowest BCUT2D eigenvalue weighted by Crippen LogP contribution is -2.53. The molecule has 23 heavy (non-hydrogen) atoms. The van der Waals surface area contributed by atoms with Gasteiger partial charge in [0.05, 0.1) is 0 Å². The second kappa shape index (κ2) is 6.02. The van der Waals surface area contributed by atoms with Crippen LogP contribution in [0.25, 0.3) is 0 Å². The van der Waals surface area contributed by atoms with Gasteiger partial charge in [-0.3, -0.25) is 4.79 Å². The van der Waals surface area contributed by atoms with Gasteiger partial charge in [-0.2, -0.15) is 0 Å². The van der Waals surface area contributed by atoms with Crippen molar-refractivity contribution < 1.29 is 4.79 Å². The van der Waals surface area contributed by atoms with Crippen LogP contribution in [-0.2, 0) is 6.54 Å². The minimum Gasteiger partial charge on any atom is -0.335 e. The van der Waals surface area contributed by atoms with Crippen molar-refractivity contribution in [3.05, 3.63) is 34.2 Å². The van der Waals surface area contributed by atoms with Crippen molar-refractivity contribution in [2.24, 2.45) is 5.92 Å². The molecule has 2 fully saturated rings. The summed E-state index contributed by atoms with van der Waals surface area (Å²) in [4.78, 5) is 26.6. The second-order valence-corrected chi connectivity index (χ2v) is 7.39. The van der Waals surface area contributed by atoms with Crippen LogP contribution >= 0.6 is 0 Å².